The lowest BCUT2D eigenvalue weighted by Gasteiger charge is -2.18. The van der Waals surface area contributed by atoms with Gasteiger partial charge in [0, 0.05) is 38.3 Å². The molecule has 1 aliphatic heterocycles. The molecule has 1 aliphatic rings. The van der Waals surface area contributed by atoms with Gasteiger partial charge in [-0.25, -0.2) is 0 Å². The monoisotopic (exact) mass is 125 g/mol. The Morgan fingerprint density at radius 1 is 1.67 bits per heavy atom. The topological polar surface area (TPSA) is 41.3 Å². The minimum atomic E-state index is 0.689. The molecule has 0 atom stereocenters. The molecule has 0 aromatic heterocycles. The van der Waals surface area contributed by atoms with E-state index in [1.165, 1.54) is 0 Å². The molecule has 9 heavy (non-hydrogen) atoms. The molecular weight excluding hydrogens is 114 g/mol. The Hall–Kier alpha value is -0.880. The van der Waals surface area contributed by atoms with E-state index in [0.29, 0.717) is 6.54 Å². The molecule has 3 heteroatoms. The van der Waals surface area contributed by atoms with Gasteiger partial charge in [-0.3, -0.25) is 0 Å². The molecule has 1 heterocycles. The molecule has 0 aliphatic carbocycles. The van der Waals surface area contributed by atoms with Crippen LogP contribution >= 0.6 is 0 Å². The summed E-state index contributed by atoms with van der Waals surface area (Å²) < 4.78 is 0. The highest BCUT2D eigenvalue weighted by molar-refractivity contribution is 5.00. The Morgan fingerprint density at radius 3 is 3.11 bits per heavy atom. The smallest absolute Gasteiger partial charge is 0.0442 e. The second-order valence-corrected chi connectivity index (χ2v) is 1.94. The summed E-state index contributed by atoms with van der Waals surface area (Å²) in [6.45, 7) is 3.51. The fourth-order valence-corrected chi connectivity index (χ4v) is 0.751. The van der Waals surface area contributed by atoms with Crippen molar-refractivity contribution in [1.29, 1.82) is 0 Å². The van der Waals surface area contributed by atoms with E-state index in [1.54, 1.807) is 0 Å². The lowest BCUT2D eigenvalue weighted by molar-refractivity contribution is 0.399. The van der Waals surface area contributed by atoms with Crippen molar-refractivity contribution >= 4 is 0 Å². The quantitative estimate of drug-likeness (QED) is 0.454. The zero-order valence-corrected chi connectivity index (χ0v) is 5.35. The molecule has 3 N–H and O–H groups in total. The Bertz CT molecular complexity index is 133. The summed E-state index contributed by atoms with van der Waals surface area (Å²) in [6.07, 6.45) is 0. The number of hydrogen-bond donors (Lipinski definition) is 2. The van der Waals surface area contributed by atoms with Crippen molar-refractivity contribution in [2.75, 3.05) is 26.2 Å². The number of nitrogens with two attached hydrogens (primary N) is 1. The average Bonchev–Trinajstić information content (AvgIpc) is 1.91. The van der Waals surface area contributed by atoms with E-state index >= 15 is 0 Å². The average molecular weight is 125 g/mol. The summed E-state index contributed by atoms with van der Waals surface area (Å²) in [4.78, 5) is 2.02. The van der Waals surface area contributed by atoms with Crippen LogP contribution in [0.5, 0.6) is 0 Å². The molecular formula is C6H11N3. The van der Waals surface area contributed by atoms with Gasteiger partial charge in [0.2, 0.25) is 0 Å². The summed E-state index contributed by atoms with van der Waals surface area (Å²) >= 11 is 0. The van der Waals surface area contributed by atoms with Crippen LogP contribution in [0.4, 0.5) is 0 Å². The third kappa shape index (κ3) is 1.82. The van der Waals surface area contributed by atoms with Crippen LogP contribution in [0.1, 0.15) is 0 Å². The standard InChI is InChI=1S/C6H11N3/c7-1-4-9-5-2-8-3-6-9/h8H,1-2,4-5,7H2. The van der Waals surface area contributed by atoms with Crippen molar-refractivity contribution < 1.29 is 0 Å². The largest absolute Gasteiger partial charge is 0.343 e. The number of nitrogens with one attached hydrogen (secondary N) is 1. The van der Waals surface area contributed by atoms with Crippen molar-refractivity contribution in [2.24, 2.45) is 5.73 Å². The summed E-state index contributed by atoms with van der Waals surface area (Å²) in [5, 5.41) is 2.93. The van der Waals surface area contributed by atoms with Crippen LogP contribution in [-0.2, 0) is 0 Å². The molecule has 0 saturated heterocycles. The van der Waals surface area contributed by atoms with Crippen molar-refractivity contribution in [3.63, 3.8) is 0 Å². The van der Waals surface area contributed by atoms with Gasteiger partial charge in [0.1, 0.15) is 0 Å². The van der Waals surface area contributed by atoms with E-state index in [2.05, 4.69) is 17.4 Å². The fourth-order valence-electron chi connectivity index (χ4n) is 0.751. The second kappa shape index (κ2) is 3.21. The highest BCUT2D eigenvalue weighted by Gasteiger charge is 1.98. The van der Waals surface area contributed by atoms with E-state index in [1.807, 2.05) is 4.90 Å². The third-order valence-corrected chi connectivity index (χ3v) is 1.21. The zero-order valence-electron chi connectivity index (χ0n) is 5.35. The zero-order chi connectivity index (χ0) is 6.53. The summed E-state index contributed by atoms with van der Waals surface area (Å²) in [7, 11) is 0. The van der Waals surface area contributed by atoms with E-state index < -0.39 is 0 Å². The predicted molar refractivity (Wildman–Crippen MR) is 36.4 cm³/mol. The highest BCUT2D eigenvalue weighted by atomic mass is 15.1. The van der Waals surface area contributed by atoms with Gasteiger partial charge in [0.05, 0.1) is 0 Å². The molecule has 0 radical (unpaired) electrons. The Labute approximate surface area is 55.2 Å². The minimum Gasteiger partial charge on any atom is -0.343 e. The number of hydrogen-bond acceptors (Lipinski definition) is 3. The maximum Gasteiger partial charge on any atom is 0.0442 e. The first-order valence-electron chi connectivity index (χ1n) is 3.12. The Balaban J connectivity index is 2.28. The van der Waals surface area contributed by atoms with Crippen LogP contribution in [0.3, 0.4) is 0 Å². The first-order valence-corrected chi connectivity index (χ1v) is 3.12. The molecule has 0 aromatic rings. The lowest BCUT2D eigenvalue weighted by atomic mass is 10.4. The molecule has 0 saturated carbocycles. The lowest BCUT2D eigenvalue weighted by Crippen LogP contribution is -2.34. The molecule has 0 fully saturated rings. The van der Waals surface area contributed by atoms with Gasteiger partial charge < -0.3 is 16.0 Å². The van der Waals surface area contributed by atoms with Crippen LogP contribution in [0.2, 0.25) is 0 Å². The van der Waals surface area contributed by atoms with E-state index in [0.717, 1.165) is 19.6 Å². The van der Waals surface area contributed by atoms with E-state index in [9.17, 15) is 0 Å². The Kier molecular flexibility index (Phi) is 2.22. The van der Waals surface area contributed by atoms with Gasteiger partial charge in [-0.05, 0) is 0 Å². The van der Waals surface area contributed by atoms with Crippen LogP contribution in [0.25, 0.3) is 0 Å². The molecule has 0 bridgehead atoms. The van der Waals surface area contributed by atoms with Gasteiger partial charge in [-0.15, -0.1) is 0 Å². The number of rotatable bonds is 2. The van der Waals surface area contributed by atoms with Crippen LogP contribution in [0, 0.1) is 12.1 Å². The van der Waals surface area contributed by atoms with Gasteiger partial charge in [0.25, 0.3) is 0 Å². The molecule has 0 unspecified atom stereocenters. The first kappa shape index (κ1) is 6.24. The maximum atomic E-state index is 5.33. The van der Waals surface area contributed by atoms with Crippen molar-refractivity contribution in [3.8, 4) is 12.1 Å². The predicted octanol–water partition coefficient (Wildman–Crippen LogP) is -1.23. The normalized spacial score (nSPS) is 15.9. The third-order valence-electron chi connectivity index (χ3n) is 1.21. The van der Waals surface area contributed by atoms with Crippen molar-refractivity contribution in [1.82, 2.24) is 10.2 Å². The SMILES string of the molecule is NCCN1C#CNCC1. The maximum absolute atomic E-state index is 5.33. The van der Waals surface area contributed by atoms with Gasteiger partial charge in [-0.2, -0.15) is 0 Å². The minimum absolute atomic E-state index is 0.689. The van der Waals surface area contributed by atoms with Crippen LogP contribution in [0.15, 0.2) is 0 Å². The molecule has 3 nitrogen and oxygen atoms in total. The Morgan fingerprint density at radius 2 is 2.56 bits per heavy atom. The highest BCUT2D eigenvalue weighted by Crippen LogP contribution is 1.84. The van der Waals surface area contributed by atoms with E-state index in [4.69, 9.17) is 5.73 Å². The van der Waals surface area contributed by atoms with Crippen LogP contribution in [-0.4, -0.2) is 31.1 Å². The molecule has 50 valence electrons. The van der Waals surface area contributed by atoms with Gasteiger partial charge in [0.15, 0.2) is 0 Å². The molecule has 0 aromatic carbocycles. The van der Waals surface area contributed by atoms with E-state index in [-0.39, 0.29) is 0 Å². The molecule has 1 rings (SSSR count). The summed E-state index contributed by atoms with van der Waals surface area (Å²) in [6, 6.07) is 5.70. The molecule has 0 spiro atoms. The summed E-state index contributed by atoms with van der Waals surface area (Å²) in [5.74, 6) is 0. The molecule has 0 amide bonds. The first-order chi connectivity index (χ1) is 4.43. The number of nitrogens with zero attached hydrogens (tertiary/aromatic N) is 1. The van der Waals surface area contributed by atoms with Crippen molar-refractivity contribution in [2.45, 2.75) is 0 Å². The summed E-state index contributed by atoms with van der Waals surface area (Å²) in [5.41, 5.74) is 5.33. The van der Waals surface area contributed by atoms with Gasteiger partial charge >= 0.3 is 0 Å². The van der Waals surface area contributed by atoms with Crippen molar-refractivity contribution in [3.05, 3.63) is 0 Å². The fraction of sp³-hybridized carbons (Fsp3) is 0.667. The second-order valence-electron chi connectivity index (χ2n) is 1.94. The van der Waals surface area contributed by atoms with Gasteiger partial charge in [-0.1, -0.05) is 0 Å². The van der Waals surface area contributed by atoms with Crippen LogP contribution < -0.4 is 11.1 Å².